The van der Waals surface area contributed by atoms with Gasteiger partial charge in [-0.3, -0.25) is 9.36 Å². The molecule has 7 nitrogen and oxygen atoms in total. The SMILES string of the molecule is O=C(Nc1ccc(-n2ccc3ccc(F)cc3c2=O)c(Cl)c1)NS(=O)(=O)c1ccc(Cl)s1. The molecule has 4 aromatic rings. The van der Waals surface area contributed by atoms with Crippen LogP contribution in [0.3, 0.4) is 0 Å². The molecule has 0 aliphatic rings. The molecule has 0 unspecified atom stereocenters. The Labute approximate surface area is 195 Å². The van der Waals surface area contributed by atoms with Crippen LogP contribution in [-0.4, -0.2) is 19.0 Å². The minimum absolute atomic E-state index is 0.105. The molecular weight excluding hydrogens is 500 g/mol. The van der Waals surface area contributed by atoms with E-state index in [2.05, 4.69) is 5.32 Å². The van der Waals surface area contributed by atoms with Gasteiger partial charge in [0.2, 0.25) is 0 Å². The highest BCUT2D eigenvalue weighted by Crippen LogP contribution is 2.26. The summed E-state index contributed by atoms with van der Waals surface area (Å²) in [7, 11) is -4.09. The van der Waals surface area contributed by atoms with Crippen LogP contribution >= 0.6 is 34.5 Å². The number of nitrogens with one attached hydrogen (secondary N) is 2. The first-order chi connectivity index (χ1) is 15.1. The van der Waals surface area contributed by atoms with Crippen LogP contribution < -0.4 is 15.6 Å². The van der Waals surface area contributed by atoms with Gasteiger partial charge in [0.15, 0.2) is 0 Å². The molecule has 4 rings (SSSR count). The molecule has 2 aromatic carbocycles. The molecule has 32 heavy (non-hydrogen) atoms. The number of hydrogen-bond donors (Lipinski definition) is 2. The van der Waals surface area contributed by atoms with Crippen LogP contribution in [0.25, 0.3) is 16.5 Å². The molecule has 2 heterocycles. The predicted octanol–water partition coefficient (Wildman–Crippen LogP) is 5.01. The Morgan fingerprint density at radius 3 is 2.50 bits per heavy atom. The molecule has 0 fully saturated rings. The third kappa shape index (κ3) is 4.49. The number of nitrogens with zero attached hydrogens (tertiary/aromatic N) is 1. The van der Waals surface area contributed by atoms with E-state index in [1.165, 1.54) is 53.2 Å². The quantitative estimate of drug-likeness (QED) is 0.402. The summed E-state index contributed by atoms with van der Waals surface area (Å²) >= 11 is 12.8. The molecule has 0 bridgehead atoms. The summed E-state index contributed by atoms with van der Waals surface area (Å²) < 4.78 is 41.3. The average Bonchev–Trinajstić information content (AvgIpc) is 3.16. The molecule has 0 aliphatic heterocycles. The van der Waals surface area contributed by atoms with Gasteiger partial charge in [0.25, 0.3) is 15.6 Å². The number of fused-ring (bicyclic) bond motifs is 1. The van der Waals surface area contributed by atoms with Gasteiger partial charge in [-0.2, -0.15) is 0 Å². The van der Waals surface area contributed by atoms with Gasteiger partial charge in [0.1, 0.15) is 10.0 Å². The van der Waals surface area contributed by atoms with Crippen LogP contribution in [0, 0.1) is 5.82 Å². The van der Waals surface area contributed by atoms with Crippen molar-refractivity contribution in [2.24, 2.45) is 0 Å². The highest BCUT2D eigenvalue weighted by Gasteiger charge is 2.20. The van der Waals surface area contributed by atoms with Crippen LogP contribution in [0.4, 0.5) is 14.9 Å². The van der Waals surface area contributed by atoms with Gasteiger partial charge in [-0.25, -0.2) is 22.3 Å². The van der Waals surface area contributed by atoms with Crippen molar-refractivity contribution in [1.82, 2.24) is 9.29 Å². The first-order valence-electron chi connectivity index (χ1n) is 8.84. The van der Waals surface area contributed by atoms with Crippen molar-refractivity contribution >= 4 is 67.1 Å². The lowest BCUT2D eigenvalue weighted by atomic mass is 10.1. The normalized spacial score (nSPS) is 11.5. The van der Waals surface area contributed by atoms with E-state index >= 15 is 0 Å². The lowest BCUT2D eigenvalue weighted by Gasteiger charge is -2.12. The van der Waals surface area contributed by atoms with Crippen LogP contribution in [0.15, 0.2) is 69.8 Å². The topological polar surface area (TPSA) is 97.3 Å². The predicted molar refractivity (Wildman–Crippen MR) is 123 cm³/mol. The summed E-state index contributed by atoms with van der Waals surface area (Å²) in [4.78, 5) is 24.9. The Morgan fingerprint density at radius 1 is 1.03 bits per heavy atom. The fourth-order valence-electron chi connectivity index (χ4n) is 2.95. The smallest absolute Gasteiger partial charge is 0.307 e. The maximum Gasteiger partial charge on any atom is 0.333 e. The highest BCUT2D eigenvalue weighted by atomic mass is 35.5. The number of rotatable bonds is 4. The number of halogens is 3. The standard InChI is InChI=1S/C20H12Cl2FN3O4S2/c21-15-10-13(24-20(28)25-32(29,30)18-6-5-17(22)31-18)3-4-16(15)26-8-7-11-1-2-12(23)9-14(11)19(26)27/h1-10H,(H2,24,25,28). The van der Waals surface area contributed by atoms with Crippen molar-refractivity contribution < 1.29 is 17.6 Å². The second-order valence-corrected chi connectivity index (χ2v) is 10.5. The molecule has 2 amide bonds. The van der Waals surface area contributed by atoms with E-state index in [0.717, 1.165) is 17.4 Å². The first-order valence-corrected chi connectivity index (χ1v) is 11.9. The molecule has 0 atom stereocenters. The zero-order valence-electron chi connectivity index (χ0n) is 15.8. The van der Waals surface area contributed by atoms with E-state index in [0.29, 0.717) is 11.1 Å². The number of thiophene rings is 1. The Morgan fingerprint density at radius 2 is 1.81 bits per heavy atom. The van der Waals surface area contributed by atoms with E-state index in [9.17, 15) is 22.4 Å². The van der Waals surface area contributed by atoms with Crippen LogP contribution in [0.5, 0.6) is 0 Å². The van der Waals surface area contributed by atoms with E-state index in [-0.39, 0.29) is 24.6 Å². The lowest BCUT2D eigenvalue weighted by Crippen LogP contribution is -2.33. The number of urea groups is 1. The zero-order valence-corrected chi connectivity index (χ0v) is 18.9. The van der Waals surface area contributed by atoms with E-state index in [1.54, 1.807) is 6.07 Å². The Hall–Kier alpha value is -2.92. The van der Waals surface area contributed by atoms with Gasteiger partial charge in [-0.15, -0.1) is 11.3 Å². The monoisotopic (exact) mass is 511 g/mol. The van der Waals surface area contributed by atoms with Gasteiger partial charge in [0.05, 0.1) is 20.4 Å². The maximum atomic E-state index is 13.6. The lowest BCUT2D eigenvalue weighted by molar-refractivity contribution is 0.256. The summed E-state index contributed by atoms with van der Waals surface area (Å²) in [6.07, 6.45) is 1.50. The second-order valence-electron chi connectivity index (χ2n) is 6.51. The summed E-state index contributed by atoms with van der Waals surface area (Å²) in [5, 5.41) is 3.23. The Kier molecular flexibility index (Phi) is 5.95. The van der Waals surface area contributed by atoms with Crippen molar-refractivity contribution in [3.05, 3.63) is 86.3 Å². The first kappa shape index (κ1) is 22.3. The Bertz CT molecular complexity index is 1530. The molecule has 0 saturated heterocycles. The number of pyridine rings is 1. The van der Waals surface area contributed by atoms with Crippen LogP contribution in [-0.2, 0) is 10.0 Å². The number of hydrogen-bond acceptors (Lipinski definition) is 5. The van der Waals surface area contributed by atoms with Gasteiger partial charge in [-0.1, -0.05) is 29.3 Å². The molecule has 12 heteroatoms. The minimum atomic E-state index is -4.09. The fraction of sp³-hybridized carbons (Fsp3) is 0. The molecule has 164 valence electrons. The van der Waals surface area contributed by atoms with E-state index < -0.39 is 27.4 Å². The number of sulfonamides is 1. The molecule has 0 radical (unpaired) electrons. The average molecular weight is 512 g/mol. The number of carbonyl (C=O) groups excluding carboxylic acids is 1. The second kappa shape index (κ2) is 8.55. The fourth-order valence-corrected chi connectivity index (χ4v) is 5.61. The van der Waals surface area contributed by atoms with Crippen molar-refractivity contribution in [3.63, 3.8) is 0 Å². The summed E-state index contributed by atoms with van der Waals surface area (Å²) in [6, 6.07) is 11.5. The summed E-state index contributed by atoms with van der Waals surface area (Å²) in [5.74, 6) is -0.538. The van der Waals surface area contributed by atoms with Crippen LogP contribution in [0.2, 0.25) is 9.36 Å². The van der Waals surface area contributed by atoms with Crippen molar-refractivity contribution in [2.45, 2.75) is 4.21 Å². The Balaban J connectivity index is 1.58. The third-order valence-electron chi connectivity index (χ3n) is 4.37. The van der Waals surface area contributed by atoms with Crippen molar-refractivity contribution in [3.8, 4) is 5.69 Å². The molecule has 0 spiro atoms. The van der Waals surface area contributed by atoms with Crippen molar-refractivity contribution in [2.75, 3.05) is 5.32 Å². The number of benzene rings is 2. The number of aromatic nitrogens is 1. The molecule has 0 aliphatic carbocycles. The number of carbonyl (C=O) groups is 1. The van der Waals surface area contributed by atoms with Crippen molar-refractivity contribution in [1.29, 1.82) is 0 Å². The maximum absolute atomic E-state index is 13.6. The van der Waals surface area contributed by atoms with Crippen LogP contribution in [0.1, 0.15) is 0 Å². The summed E-state index contributed by atoms with van der Waals surface area (Å²) in [6.45, 7) is 0. The van der Waals surface area contributed by atoms with Gasteiger partial charge >= 0.3 is 6.03 Å². The minimum Gasteiger partial charge on any atom is -0.307 e. The van der Waals surface area contributed by atoms with Gasteiger partial charge in [0, 0.05) is 11.9 Å². The molecule has 2 N–H and O–H groups in total. The van der Waals surface area contributed by atoms with E-state index in [1.807, 2.05) is 4.72 Å². The van der Waals surface area contributed by atoms with Gasteiger partial charge < -0.3 is 5.32 Å². The third-order valence-corrected chi connectivity index (χ3v) is 7.73. The number of amides is 2. The molecule has 0 saturated carbocycles. The zero-order chi connectivity index (χ0) is 23.0. The molecule has 2 aromatic heterocycles. The van der Waals surface area contributed by atoms with E-state index in [4.69, 9.17) is 23.2 Å². The number of anilines is 1. The largest absolute Gasteiger partial charge is 0.333 e. The summed E-state index contributed by atoms with van der Waals surface area (Å²) in [5.41, 5.74) is 0.0215. The van der Waals surface area contributed by atoms with Gasteiger partial charge in [-0.05, 0) is 53.9 Å². The highest BCUT2D eigenvalue weighted by molar-refractivity contribution is 7.92. The molecular formula is C20H12Cl2FN3O4S2.